The highest BCUT2D eigenvalue weighted by Gasteiger charge is 2.52. The Morgan fingerprint density at radius 2 is 1.11 bits per heavy atom. The van der Waals surface area contributed by atoms with Crippen molar-refractivity contribution in [3.63, 3.8) is 0 Å². The molecule has 2 amide bonds. The van der Waals surface area contributed by atoms with Gasteiger partial charge in [0.1, 0.15) is 63.5 Å². The zero-order chi connectivity index (χ0) is 65.8. The maximum atomic E-state index is 15.2. The number of carboxylic acids is 1. The number of halogens is 5. The number of aromatic nitrogens is 8. The molecule has 3 aliphatic heterocycles. The second-order valence-corrected chi connectivity index (χ2v) is 23.2. The molecule has 3 saturated heterocycles. The molecule has 0 radical (unpaired) electrons. The van der Waals surface area contributed by atoms with Gasteiger partial charge in [0.2, 0.25) is 0 Å². The summed E-state index contributed by atoms with van der Waals surface area (Å²) < 4.78 is 94.5. The summed E-state index contributed by atoms with van der Waals surface area (Å²) in [5.74, 6) is -8.71. The maximum Gasteiger partial charge on any atom is 0.498 e. The third-order valence-corrected chi connectivity index (χ3v) is 16.4. The largest absolute Gasteiger partial charge is 0.498 e. The summed E-state index contributed by atoms with van der Waals surface area (Å²) in [6.07, 6.45) is 12.1. The topological polar surface area (TPSA) is 270 Å². The number of ether oxygens (including phenoxy) is 3. The van der Waals surface area contributed by atoms with E-state index < -0.39 is 88.6 Å². The molecule has 93 heavy (non-hydrogen) atoms. The van der Waals surface area contributed by atoms with Crippen LogP contribution in [0.1, 0.15) is 88.5 Å². The van der Waals surface area contributed by atoms with E-state index in [0.717, 1.165) is 24.3 Å². The second-order valence-electron chi connectivity index (χ2n) is 22.8. The summed E-state index contributed by atoms with van der Waals surface area (Å²) in [6, 6.07) is 8.12. The number of carbonyl (C=O) groups is 4. The molecule has 2 aromatic carbocycles. The van der Waals surface area contributed by atoms with Crippen LogP contribution < -0.4 is 37.0 Å². The predicted molar refractivity (Wildman–Crippen MR) is 340 cm³/mol. The summed E-state index contributed by atoms with van der Waals surface area (Å²) in [4.78, 5) is 94.3. The molecule has 30 heteroatoms. The number of anilines is 2. The van der Waals surface area contributed by atoms with Crippen molar-refractivity contribution in [2.24, 2.45) is 14.1 Å². The average molecular weight is 1310 g/mol. The van der Waals surface area contributed by atoms with Gasteiger partial charge in [0.05, 0.1) is 44.7 Å². The number of methoxy groups -OCH3 is 1. The van der Waals surface area contributed by atoms with Gasteiger partial charge in [0.15, 0.2) is 5.15 Å². The molecule has 4 atom stereocenters. The number of imidazole rings is 2. The first-order valence-electron chi connectivity index (χ1n) is 28.7. The molecule has 3 aliphatic rings. The first-order valence-corrected chi connectivity index (χ1v) is 29.1. The highest BCUT2D eigenvalue weighted by atomic mass is 35.5. The average Bonchev–Trinajstić information content (AvgIpc) is 1.67. The van der Waals surface area contributed by atoms with Crippen LogP contribution in [0.2, 0.25) is 5.15 Å². The van der Waals surface area contributed by atoms with E-state index in [1.165, 1.54) is 41.0 Å². The smallest absolute Gasteiger partial charge is 0.480 e. The van der Waals surface area contributed by atoms with Gasteiger partial charge in [-0.15, -0.1) is 0 Å². The zero-order valence-corrected chi connectivity index (χ0v) is 51.8. The van der Waals surface area contributed by atoms with Crippen LogP contribution in [0, 0.1) is 23.3 Å². The summed E-state index contributed by atoms with van der Waals surface area (Å²) >= 11 is 5.37. The monoisotopic (exact) mass is 1310 g/mol. The van der Waals surface area contributed by atoms with Crippen LogP contribution in [0.15, 0.2) is 108 Å². The number of carboxylic acid groups (broad SMARTS) is 1. The van der Waals surface area contributed by atoms with Gasteiger partial charge in [-0.2, -0.15) is 0 Å². The number of fused-ring (bicyclic) bond motifs is 2. The van der Waals surface area contributed by atoms with Gasteiger partial charge in [0.25, 0.3) is 22.9 Å². The van der Waals surface area contributed by atoms with E-state index in [4.69, 9.17) is 35.1 Å². The van der Waals surface area contributed by atoms with Crippen LogP contribution in [-0.2, 0) is 60.0 Å². The van der Waals surface area contributed by atoms with Crippen molar-refractivity contribution in [1.29, 1.82) is 0 Å². The number of hydrogen-bond acceptors (Lipinski definition) is 17. The lowest BCUT2D eigenvalue weighted by atomic mass is 9.79. The molecule has 0 spiro atoms. The molecule has 0 bridgehead atoms. The van der Waals surface area contributed by atoms with Crippen molar-refractivity contribution in [1.82, 2.24) is 48.5 Å². The fourth-order valence-electron chi connectivity index (χ4n) is 10.5. The molecule has 24 nitrogen and oxygen atoms in total. The standard InChI is InChI=1S/C29H35BF2N4O6.C27H26F2N6O5.C5H5ClN2O.2CH4/c1-17-16-40-12-11-35(17)19-13-21(31)24(22(32)14-19)26(37)34-23(27(38)39-6)15-18-7-8-20(25-33-9-10-36(18)25)30-41-28(2,3)29(4,5)42-30;1-15-14-40-10-9-34(15)17-11-19(28)22(20(29)12-17)25(36)32-21(27(38)39)13-16-3-4-18(24-31-6-8-35(16)24)23-26(37)33(2)7-5-30-23;1-8-3-2-7-4(6)5(8)9;;/h7-10,13-14,17,23H,11-12,15-16H2,1-6H3,(H,34,37);3-8,11-12,15,21H,9-10,13-14H2,1-2H3,(H,32,36)(H,38,39);2-3H,1H3;2*1H4/t17-,23-;15-,21-;;;/m00.../s1. The lowest BCUT2D eigenvalue weighted by Gasteiger charge is -2.35. The van der Waals surface area contributed by atoms with E-state index in [1.54, 1.807) is 76.8 Å². The molecule has 6 aromatic heterocycles. The van der Waals surface area contributed by atoms with Gasteiger partial charge in [0, 0.05) is 135 Å². The van der Waals surface area contributed by atoms with Gasteiger partial charge in [-0.05, 0) is 84.0 Å². The SMILES string of the molecule is C.C.COC(=O)[C@H](Cc1ccc(B2OC(C)(C)C(C)(C)O2)c2nccn12)NC(=O)c1c(F)cc(N2CCOC[C@@H]2C)cc1F.C[C@H]1COCCN1c1cc(F)c(C(=O)N[C@@H](Cc2ccc(-c3nccn(C)c3=O)c3nccn23)C(=O)O)c(F)c1.Cn1ccnc(Cl)c1=O. The fraction of sp³-hybridized carbons (Fsp3) is 0.397. The second kappa shape index (κ2) is 29.7. The highest BCUT2D eigenvalue weighted by Crippen LogP contribution is 2.37. The third kappa shape index (κ3) is 15.4. The zero-order valence-electron chi connectivity index (χ0n) is 51.1. The van der Waals surface area contributed by atoms with Crippen molar-refractivity contribution in [2.45, 2.75) is 105 Å². The minimum absolute atomic E-state index is 0. The Labute approximate surface area is 538 Å². The molecular formula is C63H74BClF4N12O12. The number of carbonyl (C=O) groups excluding carboxylic acids is 3. The number of nitrogens with zero attached hydrogens (tertiary/aromatic N) is 10. The van der Waals surface area contributed by atoms with Crippen LogP contribution in [0.25, 0.3) is 22.6 Å². The Bertz CT molecular complexity index is 4100. The Morgan fingerprint density at radius 1 is 0.667 bits per heavy atom. The highest BCUT2D eigenvalue weighted by molar-refractivity contribution is 6.64. The lowest BCUT2D eigenvalue weighted by molar-refractivity contribution is -0.143. The van der Waals surface area contributed by atoms with Crippen LogP contribution in [0.3, 0.4) is 0 Å². The summed E-state index contributed by atoms with van der Waals surface area (Å²) in [5.41, 5.74) is 0.433. The van der Waals surface area contributed by atoms with Gasteiger partial charge in [-0.3, -0.25) is 19.2 Å². The van der Waals surface area contributed by atoms with Gasteiger partial charge in [-0.1, -0.05) is 32.5 Å². The Balaban J connectivity index is 0.000000228. The molecule has 3 fully saturated rings. The quantitative estimate of drug-likeness (QED) is 0.0605. The number of aryl methyl sites for hydroxylation is 2. The summed E-state index contributed by atoms with van der Waals surface area (Å²) in [6.45, 7) is 14.1. The molecule has 9 heterocycles. The van der Waals surface area contributed by atoms with Crippen LogP contribution in [0.4, 0.5) is 28.9 Å². The number of amides is 2. The van der Waals surface area contributed by atoms with E-state index in [9.17, 15) is 33.9 Å². The minimum Gasteiger partial charge on any atom is -0.480 e. The molecule has 496 valence electrons. The summed E-state index contributed by atoms with van der Waals surface area (Å²) in [5, 5.41) is 14.5. The molecule has 11 rings (SSSR count). The molecule has 8 aromatic rings. The van der Waals surface area contributed by atoms with E-state index in [1.807, 2.05) is 46.4 Å². The van der Waals surface area contributed by atoms with Crippen molar-refractivity contribution >= 4 is 70.6 Å². The number of hydrogen-bond donors (Lipinski definition) is 3. The van der Waals surface area contributed by atoms with Crippen molar-refractivity contribution in [3.8, 4) is 11.3 Å². The number of nitrogens with one attached hydrogen (secondary N) is 2. The Kier molecular flexibility index (Phi) is 22.8. The normalized spacial score (nSPS) is 17.2. The fourth-order valence-corrected chi connectivity index (χ4v) is 10.7. The van der Waals surface area contributed by atoms with Crippen LogP contribution >= 0.6 is 11.6 Å². The van der Waals surface area contributed by atoms with E-state index in [-0.39, 0.29) is 67.4 Å². The van der Waals surface area contributed by atoms with Crippen molar-refractivity contribution in [2.75, 3.05) is 56.4 Å². The van der Waals surface area contributed by atoms with E-state index in [0.29, 0.717) is 78.9 Å². The maximum absolute atomic E-state index is 15.2. The van der Waals surface area contributed by atoms with Crippen LogP contribution in [-0.4, -0.2) is 156 Å². The van der Waals surface area contributed by atoms with E-state index in [2.05, 4.69) is 30.6 Å². The van der Waals surface area contributed by atoms with Crippen molar-refractivity contribution < 1.29 is 65.4 Å². The lowest BCUT2D eigenvalue weighted by Crippen LogP contribution is -2.45. The Morgan fingerprint density at radius 3 is 1.58 bits per heavy atom. The number of morpholine rings is 2. The Hall–Kier alpha value is -9.03. The molecule has 0 saturated carbocycles. The third-order valence-electron chi connectivity index (χ3n) is 16.2. The first-order chi connectivity index (χ1) is 43.2. The number of pyridine rings is 2. The molecular weight excluding hydrogens is 1240 g/mol. The van der Waals surface area contributed by atoms with Crippen LogP contribution in [0.5, 0.6) is 0 Å². The van der Waals surface area contributed by atoms with Gasteiger partial charge >= 0.3 is 19.1 Å². The number of benzene rings is 2. The molecule has 0 unspecified atom stereocenters. The number of aliphatic carboxylic acids is 1. The van der Waals surface area contributed by atoms with Gasteiger partial charge < -0.3 is 67.0 Å². The molecule has 3 N–H and O–H groups in total. The van der Waals surface area contributed by atoms with E-state index >= 15 is 17.6 Å². The van der Waals surface area contributed by atoms with Gasteiger partial charge in [-0.25, -0.2) is 47.1 Å². The minimum atomic E-state index is -1.52. The first kappa shape index (κ1) is 71.4. The van der Waals surface area contributed by atoms with Crippen molar-refractivity contribution in [3.05, 3.63) is 170 Å². The number of esters is 1. The summed E-state index contributed by atoms with van der Waals surface area (Å²) in [7, 11) is 3.72. The number of rotatable bonds is 14. The predicted octanol–water partition coefficient (Wildman–Crippen LogP) is 6.38. The molecule has 0 aliphatic carbocycles.